The Bertz CT molecular complexity index is 1150. The maximum Gasteiger partial charge on any atom is 0.429 e. The number of ether oxygens (including phenoxy) is 1. The summed E-state index contributed by atoms with van der Waals surface area (Å²) < 4.78 is 87.7. The van der Waals surface area contributed by atoms with Crippen molar-refractivity contribution >= 4 is 0 Å². The molecule has 0 N–H and O–H groups in total. The fraction of sp³-hybridized carbons (Fsp3) is 0.308. The van der Waals surface area contributed by atoms with E-state index in [1.165, 1.54) is 23.6 Å². The van der Waals surface area contributed by atoms with Crippen molar-refractivity contribution in [1.29, 1.82) is 0 Å². The van der Waals surface area contributed by atoms with E-state index >= 15 is 0 Å². The Labute approximate surface area is 188 Å². The zero-order valence-corrected chi connectivity index (χ0v) is 17.9. The second-order valence-electron chi connectivity index (χ2n) is 8.41. The number of benzene rings is 3. The van der Waals surface area contributed by atoms with Gasteiger partial charge in [-0.15, -0.1) is 0 Å². The van der Waals surface area contributed by atoms with Gasteiger partial charge in [-0.3, -0.25) is 0 Å². The molecule has 0 bridgehead atoms. The van der Waals surface area contributed by atoms with Crippen molar-refractivity contribution in [3.05, 3.63) is 88.5 Å². The average molecular weight is 464 g/mol. The van der Waals surface area contributed by atoms with Crippen molar-refractivity contribution in [2.45, 2.75) is 45.1 Å². The molecule has 1 atom stereocenters. The molecule has 0 aromatic heterocycles. The van der Waals surface area contributed by atoms with Crippen LogP contribution in [0.4, 0.5) is 26.3 Å². The molecule has 4 rings (SSSR count). The number of alkyl halides is 2. The molecule has 7 heteroatoms. The van der Waals surface area contributed by atoms with Crippen LogP contribution in [0, 0.1) is 29.2 Å². The first kappa shape index (κ1) is 23.2. The highest BCUT2D eigenvalue weighted by molar-refractivity contribution is 5.66. The highest BCUT2D eigenvalue weighted by Gasteiger charge is 2.38. The highest BCUT2D eigenvalue weighted by Crippen LogP contribution is 2.37. The van der Waals surface area contributed by atoms with Crippen molar-refractivity contribution in [3.63, 3.8) is 0 Å². The monoisotopic (exact) mass is 464 g/mol. The SMILES string of the molecule is CCCCC1Cc2ccc(-c3ccc(C(F)(F)Oc4cc(F)c(F)c(F)c4)c(F)c3)cc2C1. The van der Waals surface area contributed by atoms with E-state index in [1.807, 2.05) is 18.2 Å². The minimum atomic E-state index is -4.23. The van der Waals surface area contributed by atoms with Crippen LogP contribution in [0.2, 0.25) is 0 Å². The summed E-state index contributed by atoms with van der Waals surface area (Å²) in [5, 5.41) is 0. The lowest BCUT2D eigenvalue weighted by Crippen LogP contribution is -2.23. The third kappa shape index (κ3) is 4.87. The van der Waals surface area contributed by atoms with Crippen LogP contribution in [0.1, 0.15) is 42.9 Å². The Morgan fingerprint density at radius 2 is 1.45 bits per heavy atom. The minimum Gasteiger partial charge on any atom is -0.429 e. The lowest BCUT2D eigenvalue weighted by atomic mass is 9.98. The molecule has 1 nitrogen and oxygen atoms in total. The summed E-state index contributed by atoms with van der Waals surface area (Å²) in [5.74, 6) is -6.80. The molecule has 0 radical (unpaired) electrons. The van der Waals surface area contributed by atoms with E-state index in [0.717, 1.165) is 37.8 Å². The van der Waals surface area contributed by atoms with Gasteiger partial charge in [0.15, 0.2) is 17.5 Å². The van der Waals surface area contributed by atoms with Gasteiger partial charge >= 0.3 is 6.11 Å². The van der Waals surface area contributed by atoms with E-state index in [1.54, 1.807) is 0 Å². The standard InChI is InChI=1S/C26H22F6O/c1-2-3-4-15-9-16-5-6-17(11-19(16)10-15)18-7-8-21(22(27)12-18)26(31,32)33-20-13-23(28)25(30)24(29)14-20/h5-8,11-15H,2-4,9-10H2,1H3. The van der Waals surface area contributed by atoms with E-state index in [4.69, 9.17) is 0 Å². The molecular weight excluding hydrogens is 442 g/mol. The second-order valence-corrected chi connectivity index (χ2v) is 8.41. The van der Waals surface area contributed by atoms with Crippen molar-refractivity contribution < 1.29 is 31.1 Å². The van der Waals surface area contributed by atoms with Crippen LogP contribution in [-0.4, -0.2) is 0 Å². The van der Waals surface area contributed by atoms with Crippen LogP contribution in [0.3, 0.4) is 0 Å². The summed E-state index contributed by atoms with van der Waals surface area (Å²) in [6, 6.07) is 9.54. The molecule has 0 fully saturated rings. The van der Waals surface area contributed by atoms with Crippen LogP contribution in [-0.2, 0) is 19.0 Å². The first-order valence-corrected chi connectivity index (χ1v) is 10.8. The fourth-order valence-electron chi connectivity index (χ4n) is 4.31. The molecular formula is C26H22F6O. The topological polar surface area (TPSA) is 9.23 Å². The van der Waals surface area contributed by atoms with Gasteiger partial charge in [0.2, 0.25) is 0 Å². The smallest absolute Gasteiger partial charge is 0.429 e. The summed E-state index contributed by atoms with van der Waals surface area (Å²) in [6.45, 7) is 2.16. The lowest BCUT2D eigenvalue weighted by molar-refractivity contribution is -0.187. The Morgan fingerprint density at radius 3 is 2.12 bits per heavy atom. The molecule has 0 spiro atoms. The third-order valence-electron chi connectivity index (χ3n) is 6.01. The van der Waals surface area contributed by atoms with E-state index in [2.05, 4.69) is 11.7 Å². The van der Waals surface area contributed by atoms with Gasteiger partial charge in [0, 0.05) is 12.1 Å². The van der Waals surface area contributed by atoms with Crippen LogP contribution in [0.15, 0.2) is 48.5 Å². The molecule has 1 unspecified atom stereocenters. The predicted octanol–water partition coefficient (Wildman–Crippen LogP) is 7.94. The normalized spacial score (nSPS) is 15.5. The maximum atomic E-state index is 14.7. The lowest BCUT2D eigenvalue weighted by Gasteiger charge is -2.19. The summed E-state index contributed by atoms with van der Waals surface area (Å²) in [4.78, 5) is 0. The number of hydrogen-bond donors (Lipinski definition) is 0. The third-order valence-corrected chi connectivity index (χ3v) is 6.01. The van der Waals surface area contributed by atoms with Gasteiger partial charge in [-0.05, 0) is 59.6 Å². The molecule has 3 aromatic rings. The molecule has 174 valence electrons. The molecule has 3 aromatic carbocycles. The number of rotatable bonds is 7. The Morgan fingerprint density at radius 1 is 0.818 bits per heavy atom. The van der Waals surface area contributed by atoms with Gasteiger partial charge in [-0.2, -0.15) is 8.78 Å². The molecule has 33 heavy (non-hydrogen) atoms. The van der Waals surface area contributed by atoms with Crippen LogP contribution in [0.25, 0.3) is 11.1 Å². The maximum absolute atomic E-state index is 14.7. The Balaban J connectivity index is 1.55. The first-order chi connectivity index (χ1) is 15.7. The van der Waals surface area contributed by atoms with Crippen molar-refractivity contribution in [1.82, 2.24) is 0 Å². The molecule has 1 aliphatic carbocycles. The number of unbranched alkanes of at least 4 members (excludes halogenated alkanes) is 1. The van der Waals surface area contributed by atoms with E-state index < -0.39 is 40.7 Å². The Kier molecular flexibility index (Phi) is 6.41. The molecule has 0 saturated heterocycles. The molecule has 1 aliphatic rings. The van der Waals surface area contributed by atoms with Crippen molar-refractivity contribution in [2.24, 2.45) is 5.92 Å². The molecule has 0 amide bonds. The zero-order chi connectivity index (χ0) is 23.8. The number of hydrogen-bond acceptors (Lipinski definition) is 1. The Hall–Kier alpha value is -2.96. The van der Waals surface area contributed by atoms with Crippen molar-refractivity contribution in [2.75, 3.05) is 0 Å². The quantitative estimate of drug-likeness (QED) is 0.255. The average Bonchev–Trinajstić information content (AvgIpc) is 3.17. The van der Waals surface area contributed by atoms with Crippen molar-refractivity contribution in [3.8, 4) is 16.9 Å². The first-order valence-electron chi connectivity index (χ1n) is 10.8. The predicted molar refractivity (Wildman–Crippen MR) is 113 cm³/mol. The summed E-state index contributed by atoms with van der Waals surface area (Å²) >= 11 is 0. The van der Waals surface area contributed by atoms with Crippen LogP contribution >= 0.6 is 0 Å². The van der Waals surface area contributed by atoms with E-state index in [-0.39, 0.29) is 12.1 Å². The van der Waals surface area contributed by atoms with Gasteiger partial charge in [-0.1, -0.05) is 44.0 Å². The molecule has 0 saturated carbocycles. The van der Waals surface area contributed by atoms with Gasteiger partial charge in [0.05, 0.1) is 5.56 Å². The second kappa shape index (κ2) is 9.12. The largest absolute Gasteiger partial charge is 0.429 e. The number of fused-ring (bicyclic) bond motifs is 1. The summed E-state index contributed by atoms with van der Waals surface area (Å²) in [7, 11) is 0. The van der Waals surface area contributed by atoms with Crippen LogP contribution in [0.5, 0.6) is 5.75 Å². The minimum absolute atomic E-state index is 0.275. The molecule has 0 heterocycles. The van der Waals surface area contributed by atoms with Gasteiger partial charge in [0.25, 0.3) is 0 Å². The highest BCUT2D eigenvalue weighted by atomic mass is 19.3. The zero-order valence-electron chi connectivity index (χ0n) is 17.9. The fourth-order valence-corrected chi connectivity index (χ4v) is 4.31. The van der Waals surface area contributed by atoms with Gasteiger partial charge in [-0.25, -0.2) is 17.6 Å². The summed E-state index contributed by atoms with van der Waals surface area (Å²) in [6.07, 6.45) is 1.19. The van der Waals surface area contributed by atoms with Gasteiger partial charge < -0.3 is 4.74 Å². The summed E-state index contributed by atoms with van der Waals surface area (Å²) in [5.41, 5.74) is 2.48. The molecule has 0 aliphatic heterocycles. The van der Waals surface area contributed by atoms with E-state index in [0.29, 0.717) is 17.0 Å². The van der Waals surface area contributed by atoms with Gasteiger partial charge in [0.1, 0.15) is 11.6 Å². The van der Waals surface area contributed by atoms with Crippen LogP contribution < -0.4 is 4.74 Å². The number of halogens is 6. The van der Waals surface area contributed by atoms with E-state index in [9.17, 15) is 26.3 Å².